The van der Waals surface area contributed by atoms with Crippen molar-refractivity contribution in [2.45, 2.75) is 50.4 Å². The van der Waals surface area contributed by atoms with Gasteiger partial charge in [-0.3, -0.25) is 0 Å². The molecule has 0 saturated heterocycles. The summed E-state index contributed by atoms with van der Waals surface area (Å²) in [6, 6.07) is 11.6. The smallest absolute Gasteiger partial charge is 0.391 e. The Balaban J connectivity index is 1.69. The third-order valence-corrected chi connectivity index (χ3v) is 4.91. The highest BCUT2D eigenvalue weighted by atomic mass is 19.4. The Morgan fingerprint density at radius 1 is 1.00 bits per heavy atom. The van der Waals surface area contributed by atoms with E-state index >= 15 is 0 Å². The fourth-order valence-electron chi connectivity index (χ4n) is 3.35. The normalized spacial score (nSPS) is 22.2. The lowest BCUT2D eigenvalue weighted by molar-refractivity contribution is -0.185. The SMILES string of the molecule is [CH2][C@](C)(N)c1ccc2cc(O[C@H]3CC[C@H](C(F)(F)F)CC3)ccc2c1. The second-order valence-corrected chi connectivity index (χ2v) is 7.27. The lowest BCUT2D eigenvalue weighted by Crippen LogP contribution is -2.31. The summed E-state index contributed by atoms with van der Waals surface area (Å²) < 4.78 is 44.1. The molecule has 1 saturated carbocycles. The summed E-state index contributed by atoms with van der Waals surface area (Å²) in [4.78, 5) is 0. The molecule has 135 valence electrons. The predicted molar refractivity (Wildman–Crippen MR) is 93.3 cm³/mol. The molecule has 1 radical (unpaired) electrons. The van der Waals surface area contributed by atoms with Crippen molar-refractivity contribution in [3.63, 3.8) is 0 Å². The van der Waals surface area contributed by atoms with Crippen LogP contribution in [0.5, 0.6) is 5.75 Å². The summed E-state index contributed by atoms with van der Waals surface area (Å²) in [5.74, 6) is -0.489. The molecule has 25 heavy (non-hydrogen) atoms. The molecule has 0 bridgehead atoms. The molecule has 0 heterocycles. The zero-order valence-corrected chi connectivity index (χ0v) is 14.3. The van der Waals surface area contributed by atoms with Gasteiger partial charge in [-0.25, -0.2) is 0 Å². The Morgan fingerprint density at radius 3 is 2.20 bits per heavy atom. The number of halogens is 3. The van der Waals surface area contributed by atoms with Crippen LogP contribution in [0.2, 0.25) is 0 Å². The van der Waals surface area contributed by atoms with E-state index in [9.17, 15) is 13.2 Å². The van der Waals surface area contributed by atoms with Crippen LogP contribution < -0.4 is 10.5 Å². The Hall–Kier alpha value is -1.75. The van der Waals surface area contributed by atoms with E-state index in [-0.39, 0.29) is 18.9 Å². The zero-order chi connectivity index (χ0) is 18.2. The van der Waals surface area contributed by atoms with Crippen LogP contribution in [0.25, 0.3) is 10.8 Å². The molecule has 2 nitrogen and oxygen atoms in total. The lowest BCUT2D eigenvalue weighted by atomic mass is 9.87. The van der Waals surface area contributed by atoms with Crippen LogP contribution in [0, 0.1) is 12.8 Å². The summed E-state index contributed by atoms with van der Waals surface area (Å²) in [5, 5.41) is 2.04. The van der Waals surface area contributed by atoms with Crippen molar-refractivity contribution in [1.82, 2.24) is 0 Å². The Kier molecular flexibility index (Phi) is 4.71. The highest BCUT2D eigenvalue weighted by molar-refractivity contribution is 5.84. The van der Waals surface area contributed by atoms with Crippen LogP contribution in [0.15, 0.2) is 36.4 Å². The largest absolute Gasteiger partial charge is 0.490 e. The molecule has 1 fully saturated rings. The second-order valence-electron chi connectivity index (χ2n) is 7.27. The Labute approximate surface area is 146 Å². The van der Waals surface area contributed by atoms with E-state index in [0.717, 1.165) is 16.3 Å². The van der Waals surface area contributed by atoms with Crippen LogP contribution in [-0.4, -0.2) is 12.3 Å². The summed E-state index contributed by atoms with van der Waals surface area (Å²) in [7, 11) is 0. The first-order valence-corrected chi connectivity index (χ1v) is 8.55. The number of hydrogen-bond donors (Lipinski definition) is 1. The van der Waals surface area contributed by atoms with Gasteiger partial charge in [0.2, 0.25) is 0 Å². The van der Waals surface area contributed by atoms with E-state index < -0.39 is 17.6 Å². The number of rotatable bonds is 3. The van der Waals surface area contributed by atoms with E-state index in [4.69, 9.17) is 10.5 Å². The molecule has 0 aromatic heterocycles. The molecular formula is C20H23F3NO. The fourth-order valence-corrected chi connectivity index (χ4v) is 3.35. The van der Waals surface area contributed by atoms with Gasteiger partial charge in [0.15, 0.2) is 0 Å². The van der Waals surface area contributed by atoms with Gasteiger partial charge in [-0.1, -0.05) is 18.2 Å². The Morgan fingerprint density at radius 2 is 1.60 bits per heavy atom. The zero-order valence-electron chi connectivity index (χ0n) is 14.3. The van der Waals surface area contributed by atoms with Crippen molar-refractivity contribution in [3.8, 4) is 5.75 Å². The van der Waals surface area contributed by atoms with E-state index in [1.165, 1.54) is 0 Å². The highest BCUT2D eigenvalue weighted by Gasteiger charge is 2.41. The summed E-state index contributed by atoms with van der Waals surface area (Å²) in [6.07, 6.45) is -3.07. The van der Waals surface area contributed by atoms with Crippen molar-refractivity contribution >= 4 is 10.8 Å². The minimum Gasteiger partial charge on any atom is -0.490 e. The molecule has 1 aliphatic rings. The van der Waals surface area contributed by atoms with Gasteiger partial charge in [-0.05, 0) is 74.1 Å². The molecule has 0 aliphatic heterocycles. The third kappa shape index (κ3) is 4.27. The number of hydrogen-bond acceptors (Lipinski definition) is 2. The minimum absolute atomic E-state index is 0.143. The fraction of sp³-hybridized carbons (Fsp3) is 0.450. The summed E-state index contributed by atoms with van der Waals surface area (Å²) in [6.45, 7) is 5.79. The van der Waals surface area contributed by atoms with Gasteiger partial charge in [-0.2, -0.15) is 13.2 Å². The molecule has 2 aromatic carbocycles. The molecule has 0 unspecified atom stereocenters. The maximum Gasteiger partial charge on any atom is 0.391 e. The molecular weight excluding hydrogens is 327 g/mol. The quantitative estimate of drug-likeness (QED) is 0.810. The van der Waals surface area contributed by atoms with Gasteiger partial charge in [0.1, 0.15) is 5.75 Å². The number of ether oxygens (including phenoxy) is 1. The maximum absolute atomic E-state index is 12.7. The molecule has 1 aliphatic carbocycles. The monoisotopic (exact) mass is 350 g/mol. The summed E-state index contributed by atoms with van der Waals surface area (Å²) in [5.41, 5.74) is 6.32. The van der Waals surface area contributed by atoms with Crippen molar-refractivity contribution in [2.24, 2.45) is 11.7 Å². The minimum atomic E-state index is -4.09. The Bertz CT molecular complexity index is 741. The molecule has 2 N–H and O–H groups in total. The van der Waals surface area contributed by atoms with Crippen molar-refractivity contribution in [2.75, 3.05) is 0 Å². The highest BCUT2D eigenvalue weighted by Crippen LogP contribution is 2.38. The first kappa shape index (κ1) is 18.1. The number of benzene rings is 2. The van der Waals surface area contributed by atoms with Gasteiger partial charge in [-0.15, -0.1) is 0 Å². The lowest BCUT2D eigenvalue weighted by Gasteiger charge is -2.30. The molecule has 0 amide bonds. The maximum atomic E-state index is 12.7. The third-order valence-electron chi connectivity index (χ3n) is 4.91. The number of alkyl halides is 3. The van der Waals surface area contributed by atoms with Gasteiger partial charge < -0.3 is 10.5 Å². The average molecular weight is 350 g/mol. The van der Waals surface area contributed by atoms with Crippen molar-refractivity contribution in [3.05, 3.63) is 48.9 Å². The molecule has 3 rings (SSSR count). The second kappa shape index (κ2) is 6.52. The van der Waals surface area contributed by atoms with E-state index in [1.54, 1.807) is 0 Å². The van der Waals surface area contributed by atoms with Gasteiger partial charge in [0, 0.05) is 5.54 Å². The van der Waals surface area contributed by atoms with Gasteiger partial charge >= 0.3 is 6.18 Å². The number of nitrogens with two attached hydrogens (primary N) is 1. The van der Waals surface area contributed by atoms with E-state index in [0.29, 0.717) is 18.6 Å². The first-order chi connectivity index (χ1) is 11.6. The average Bonchev–Trinajstić information content (AvgIpc) is 2.53. The van der Waals surface area contributed by atoms with Gasteiger partial charge in [0.25, 0.3) is 0 Å². The number of fused-ring (bicyclic) bond motifs is 1. The van der Waals surface area contributed by atoms with E-state index in [1.807, 2.05) is 43.3 Å². The van der Waals surface area contributed by atoms with Crippen LogP contribution in [0.3, 0.4) is 0 Å². The van der Waals surface area contributed by atoms with Crippen LogP contribution in [0.4, 0.5) is 13.2 Å². The van der Waals surface area contributed by atoms with Crippen LogP contribution in [0.1, 0.15) is 38.2 Å². The topological polar surface area (TPSA) is 35.2 Å². The van der Waals surface area contributed by atoms with Gasteiger partial charge in [0.05, 0.1) is 12.0 Å². The van der Waals surface area contributed by atoms with Crippen molar-refractivity contribution < 1.29 is 17.9 Å². The standard InChI is InChI=1S/C20H23F3NO/c1-19(2,24)16-5-3-14-12-18(8-4-13(14)11-16)25-17-9-6-15(7-10-17)20(21,22)23/h3-5,8,11-12,15,17H,1,6-7,9-10,24H2,2H3/t15-,17-,19-/m1/s1. The van der Waals surface area contributed by atoms with Crippen LogP contribution >= 0.6 is 0 Å². The predicted octanol–water partition coefficient (Wildman–Crippen LogP) is 5.35. The van der Waals surface area contributed by atoms with Crippen molar-refractivity contribution in [1.29, 1.82) is 0 Å². The molecule has 1 atom stereocenters. The molecule has 0 spiro atoms. The molecule has 5 heteroatoms. The first-order valence-electron chi connectivity index (χ1n) is 8.55. The summed E-state index contributed by atoms with van der Waals surface area (Å²) >= 11 is 0. The van der Waals surface area contributed by atoms with E-state index in [2.05, 4.69) is 6.92 Å². The molecule has 2 aromatic rings. The van der Waals surface area contributed by atoms with Crippen LogP contribution in [-0.2, 0) is 5.54 Å².